The summed E-state index contributed by atoms with van der Waals surface area (Å²) in [6.45, 7) is 3.53. The quantitative estimate of drug-likeness (QED) is 0.889. The summed E-state index contributed by atoms with van der Waals surface area (Å²) >= 11 is 0. The van der Waals surface area contributed by atoms with Crippen LogP contribution in [0, 0.1) is 5.82 Å². The van der Waals surface area contributed by atoms with E-state index in [1.807, 2.05) is 0 Å². The minimum absolute atomic E-state index is 0.185. The van der Waals surface area contributed by atoms with E-state index in [0.717, 1.165) is 25.8 Å². The molecule has 0 radical (unpaired) electrons. The first-order valence-corrected chi connectivity index (χ1v) is 6.96. The Hall–Kier alpha value is -1.13. The van der Waals surface area contributed by atoms with Gasteiger partial charge in [0.05, 0.1) is 6.61 Å². The molecule has 1 heterocycles. The van der Waals surface area contributed by atoms with Crippen molar-refractivity contribution in [1.29, 1.82) is 0 Å². The molecule has 2 atom stereocenters. The molecule has 4 heteroatoms. The van der Waals surface area contributed by atoms with Crippen molar-refractivity contribution in [2.24, 2.45) is 0 Å². The molecule has 2 unspecified atom stereocenters. The van der Waals surface area contributed by atoms with Gasteiger partial charge in [-0.05, 0) is 31.9 Å². The lowest BCUT2D eigenvalue weighted by molar-refractivity contribution is 0.0407. The van der Waals surface area contributed by atoms with Crippen molar-refractivity contribution in [2.45, 2.75) is 38.3 Å². The number of para-hydroxylation sites is 1. The van der Waals surface area contributed by atoms with Gasteiger partial charge in [-0.25, -0.2) is 4.39 Å². The van der Waals surface area contributed by atoms with Crippen LogP contribution in [0.5, 0.6) is 5.75 Å². The predicted octanol–water partition coefficient (Wildman–Crippen LogP) is 2.44. The van der Waals surface area contributed by atoms with Gasteiger partial charge in [0.25, 0.3) is 0 Å². The lowest BCUT2D eigenvalue weighted by Gasteiger charge is -2.39. The Balaban J connectivity index is 1.85. The van der Waals surface area contributed by atoms with Crippen molar-refractivity contribution in [3.05, 3.63) is 30.1 Å². The highest BCUT2D eigenvalue weighted by molar-refractivity contribution is 5.23. The number of nitrogens with zero attached hydrogens (tertiary/aromatic N) is 1. The van der Waals surface area contributed by atoms with Crippen LogP contribution in [0.4, 0.5) is 4.39 Å². The average Bonchev–Trinajstić information content (AvgIpc) is 2.42. The molecule has 3 nitrogen and oxygen atoms in total. The van der Waals surface area contributed by atoms with Crippen molar-refractivity contribution < 1.29 is 14.2 Å². The van der Waals surface area contributed by atoms with Gasteiger partial charge in [0.15, 0.2) is 11.6 Å². The van der Waals surface area contributed by atoms with Crippen LogP contribution in [0.3, 0.4) is 0 Å². The number of piperidine rings is 1. The van der Waals surface area contributed by atoms with E-state index in [-0.39, 0.29) is 18.5 Å². The Bertz CT molecular complexity index is 399. The van der Waals surface area contributed by atoms with Crippen LogP contribution < -0.4 is 4.74 Å². The molecule has 0 bridgehead atoms. The SMILES string of the molecule is CC1CCCC(CO)N1CCOc1ccccc1F. The third-order valence-electron chi connectivity index (χ3n) is 3.85. The molecule has 1 N–H and O–H groups in total. The molecule has 1 fully saturated rings. The van der Waals surface area contributed by atoms with E-state index < -0.39 is 0 Å². The molecule has 0 aliphatic carbocycles. The summed E-state index contributed by atoms with van der Waals surface area (Å²) in [7, 11) is 0. The summed E-state index contributed by atoms with van der Waals surface area (Å²) in [6.07, 6.45) is 3.34. The smallest absolute Gasteiger partial charge is 0.165 e. The standard InChI is InChI=1S/C15H22FNO2/c1-12-5-4-6-13(11-18)17(12)9-10-19-15-8-3-2-7-14(15)16/h2-3,7-8,12-13,18H,4-6,9-11H2,1H3. The van der Waals surface area contributed by atoms with E-state index in [2.05, 4.69) is 11.8 Å². The maximum absolute atomic E-state index is 13.4. The molecule has 0 saturated carbocycles. The summed E-state index contributed by atoms with van der Waals surface area (Å²) in [5.74, 6) is -0.0272. The monoisotopic (exact) mass is 267 g/mol. The maximum atomic E-state index is 13.4. The second-order valence-corrected chi connectivity index (χ2v) is 5.13. The molecule has 2 rings (SSSR count). The first-order chi connectivity index (χ1) is 9.22. The minimum Gasteiger partial charge on any atom is -0.489 e. The molecule has 0 aromatic heterocycles. The lowest BCUT2D eigenvalue weighted by Crippen LogP contribution is -2.48. The summed E-state index contributed by atoms with van der Waals surface area (Å²) in [5, 5.41) is 9.40. The van der Waals surface area contributed by atoms with Crippen molar-refractivity contribution in [3.8, 4) is 5.75 Å². The van der Waals surface area contributed by atoms with Crippen molar-refractivity contribution in [1.82, 2.24) is 4.90 Å². The van der Waals surface area contributed by atoms with Crippen LogP contribution in [0.2, 0.25) is 0 Å². The third-order valence-corrected chi connectivity index (χ3v) is 3.85. The molecule has 1 aromatic rings. The van der Waals surface area contributed by atoms with Gasteiger partial charge in [-0.2, -0.15) is 0 Å². The molecule has 1 aliphatic heterocycles. The first kappa shape index (κ1) is 14.3. The average molecular weight is 267 g/mol. The fourth-order valence-corrected chi connectivity index (χ4v) is 2.76. The Morgan fingerprint density at radius 2 is 2.16 bits per heavy atom. The second kappa shape index (κ2) is 6.87. The zero-order valence-electron chi connectivity index (χ0n) is 11.4. The van der Waals surface area contributed by atoms with Crippen molar-refractivity contribution in [2.75, 3.05) is 19.8 Å². The number of hydrogen-bond acceptors (Lipinski definition) is 3. The molecular weight excluding hydrogens is 245 g/mol. The van der Waals surface area contributed by atoms with Gasteiger partial charge in [0.1, 0.15) is 6.61 Å². The van der Waals surface area contributed by atoms with Crippen LogP contribution in [0.25, 0.3) is 0 Å². The zero-order valence-corrected chi connectivity index (χ0v) is 11.4. The largest absolute Gasteiger partial charge is 0.489 e. The van der Waals surface area contributed by atoms with Crippen LogP contribution >= 0.6 is 0 Å². The predicted molar refractivity (Wildman–Crippen MR) is 72.8 cm³/mol. The van der Waals surface area contributed by atoms with E-state index in [1.54, 1.807) is 18.2 Å². The summed E-state index contributed by atoms with van der Waals surface area (Å²) < 4.78 is 18.9. The summed E-state index contributed by atoms with van der Waals surface area (Å²) in [6, 6.07) is 7.12. The Labute approximate surface area is 114 Å². The highest BCUT2D eigenvalue weighted by Crippen LogP contribution is 2.22. The number of hydrogen-bond donors (Lipinski definition) is 1. The van der Waals surface area contributed by atoms with Gasteiger partial charge in [0.2, 0.25) is 0 Å². The Morgan fingerprint density at radius 3 is 2.89 bits per heavy atom. The molecule has 0 spiro atoms. The summed E-state index contributed by atoms with van der Waals surface area (Å²) in [5.41, 5.74) is 0. The van der Waals surface area contributed by atoms with Crippen molar-refractivity contribution >= 4 is 0 Å². The number of rotatable bonds is 5. The molecule has 0 amide bonds. The Kier molecular flexibility index (Phi) is 5.16. The van der Waals surface area contributed by atoms with Crippen LogP contribution in [-0.4, -0.2) is 41.8 Å². The van der Waals surface area contributed by atoms with E-state index in [0.29, 0.717) is 18.4 Å². The number of halogens is 1. The zero-order chi connectivity index (χ0) is 13.7. The topological polar surface area (TPSA) is 32.7 Å². The number of benzene rings is 1. The van der Waals surface area contributed by atoms with Gasteiger partial charge in [-0.15, -0.1) is 0 Å². The Morgan fingerprint density at radius 1 is 1.37 bits per heavy atom. The fourth-order valence-electron chi connectivity index (χ4n) is 2.76. The van der Waals surface area contributed by atoms with Crippen LogP contribution in [0.1, 0.15) is 26.2 Å². The molecule has 1 aromatic carbocycles. The number of aliphatic hydroxyl groups is 1. The van der Waals surface area contributed by atoms with Gasteiger partial charge in [-0.3, -0.25) is 4.90 Å². The molecule has 106 valence electrons. The highest BCUT2D eigenvalue weighted by Gasteiger charge is 2.26. The van der Waals surface area contributed by atoms with E-state index in [1.165, 1.54) is 6.07 Å². The van der Waals surface area contributed by atoms with Gasteiger partial charge in [-0.1, -0.05) is 18.6 Å². The third kappa shape index (κ3) is 3.67. The van der Waals surface area contributed by atoms with Gasteiger partial charge in [0, 0.05) is 18.6 Å². The lowest BCUT2D eigenvalue weighted by atomic mass is 9.97. The summed E-state index contributed by atoms with van der Waals surface area (Å²) in [4.78, 5) is 2.27. The normalized spacial score (nSPS) is 24.4. The maximum Gasteiger partial charge on any atom is 0.165 e. The van der Waals surface area contributed by atoms with E-state index >= 15 is 0 Å². The van der Waals surface area contributed by atoms with E-state index in [9.17, 15) is 9.50 Å². The minimum atomic E-state index is -0.326. The molecule has 19 heavy (non-hydrogen) atoms. The number of aliphatic hydroxyl groups excluding tert-OH is 1. The van der Waals surface area contributed by atoms with Crippen LogP contribution in [0.15, 0.2) is 24.3 Å². The van der Waals surface area contributed by atoms with E-state index in [4.69, 9.17) is 4.74 Å². The van der Waals surface area contributed by atoms with Gasteiger partial charge < -0.3 is 9.84 Å². The molecular formula is C15H22FNO2. The van der Waals surface area contributed by atoms with Crippen LogP contribution in [-0.2, 0) is 0 Å². The van der Waals surface area contributed by atoms with Gasteiger partial charge >= 0.3 is 0 Å². The highest BCUT2D eigenvalue weighted by atomic mass is 19.1. The second-order valence-electron chi connectivity index (χ2n) is 5.13. The number of likely N-dealkylation sites (tertiary alicyclic amines) is 1. The van der Waals surface area contributed by atoms with Crippen molar-refractivity contribution in [3.63, 3.8) is 0 Å². The first-order valence-electron chi connectivity index (χ1n) is 6.96. The number of ether oxygens (including phenoxy) is 1. The molecule has 1 aliphatic rings. The molecule has 1 saturated heterocycles. The fraction of sp³-hybridized carbons (Fsp3) is 0.600.